The number of piperazine rings is 1. The molecule has 7 nitrogen and oxygen atoms in total. The van der Waals surface area contributed by atoms with Gasteiger partial charge < -0.3 is 9.80 Å². The molecule has 1 aliphatic rings. The molecule has 7 heteroatoms. The summed E-state index contributed by atoms with van der Waals surface area (Å²) in [4.78, 5) is 34.4. The molecule has 1 aliphatic heterocycles. The van der Waals surface area contributed by atoms with Gasteiger partial charge in [0.1, 0.15) is 5.82 Å². The molecule has 0 atom stereocenters. The minimum Gasteiger partial charge on any atom is -0.337 e. The van der Waals surface area contributed by atoms with Crippen molar-refractivity contribution in [3.63, 3.8) is 0 Å². The maximum absolute atomic E-state index is 12.8. The van der Waals surface area contributed by atoms with Crippen LogP contribution in [0.5, 0.6) is 0 Å². The standard InChI is InChI=1S/C21H22N6O/c1-15-18(14-23-16(2)24-15)20(28)26-10-12-27(13-11-26)21-22-9-8-19(25-21)17-6-4-3-5-7-17/h3-9,14H,10-13H2,1-2H3. The number of carbonyl (C=O) groups is 1. The molecule has 0 spiro atoms. The molecule has 1 fully saturated rings. The highest BCUT2D eigenvalue weighted by Crippen LogP contribution is 2.20. The van der Waals surface area contributed by atoms with Crippen LogP contribution in [0.25, 0.3) is 11.3 Å². The number of aromatic nitrogens is 4. The molecule has 1 aromatic carbocycles. The maximum atomic E-state index is 12.8. The highest BCUT2D eigenvalue weighted by molar-refractivity contribution is 5.95. The van der Waals surface area contributed by atoms with E-state index in [1.54, 1.807) is 12.4 Å². The Morgan fingerprint density at radius 3 is 2.39 bits per heavy atom. The number of nitrogens with zero attached hydrogens (tertiary/aromatic N) is 6. The fraction of sp³-hybridized carbons (Fsp3) is 0.286. The molecule has 0 N–H and O–H groups in total. The molecule has 3 aromatic rings. The molecule has 0 saturated carbocycles. The first kappa shape index (κ1) is 18.0. The summed E-state index contributed by atoms with van der Waals surface area (Å²) in [6.07, 6.45) is 3.41. The van der Waals surface area contributed by atoms with Crippen molar-refractivity contribution < 1.29 is 4.79 Å². The van der Waals surface area contributed by atoms with E-state index in [4.69, 9.17) is 4.98 Å². The second-order valence-electron chi connectivity index (χ2n) is 6.80. The van der Waals surface area contributed by atoms with Gasteiger partial charge in [-0.05, 0) is 19.9 Å². The van der Waals surface area contributed by atoms with E-state index < -0.39 is 0 Å². The SMILES string of the molecule is Cc1ncc(C(=O)N2CCN(c3nccc(-c4ccccc4)n3)CC2)c(C)n1. The molecule has 1 amide bonds. The van der Waals surface area contributed by atoms with Crippen LogP contribution >= 0.6 is 0 Å². The lowest BCUT2D eigenvalue weighted by molar-refractivity contribution is 0.0744. The van der Waals surface area contributed by atoms with Gasteiger partial charge in [-0.15, -0.1) is 0 Å². The molecule has 2 aromatic heterocycles. The Hall–Kier alpha value is -3.35. The molecule has 0 bridgehead atoms. The monoisotopic (exact) mass is 374 g/mol. The number of hydrogen-bond acceptors (Lipinski definition) is 6. The molecule has 142 valence electrons. The van der Waals surface area contributed by atoms with Crippen molar-refractivity contribution in [1.82, 2.24) is 24.8 Å². The van der Waals surface area contributed by atoms with E-state index >= 15 is 0 Å². The molecular weight excluding hydrogens is 352 g/mol. The largest absolute Gasteiger partial charge is 0.337 e. The first-order chi connectivity index (χ1) is 13.6. The van der Waals surface area contributed by atoms with Crippen molar-refractivity contribution in [2.75, 3.05) is 31.1 Å². The average Bonchev–Trinajstić information content (AvgIpc) is 2.74. The predicted molar refractivity (Wildman–Crippen MR) is 107 cm³/mol. The number of benzene rings is 1. The second-order valence-corrected chi connectivity index (χ2v) is 6.80. The number of carbonyl (C=O) groups excluding carboxylic acids is 1. The van der Waals surface area contributed by atoms with Gasteiger partial charge in [0, 0.05) is 44.1 Å². The van der Waals surface area contributed by atoms with E-state index in [-0.39, 0.29) is 5.91 Å². The molecular formula is C21H22N6O. The highest BCUT2D eigenvalue weighted by Gasteiger charge is 2.25. The summed E-state index contributed by atoms with van der Waals surface area (Å²) in [5, 5.41) is 0. The van der Waals surface area contributed by atoms with Crippen LogP contribution < -0.4 is 4.90 Å². The van der Waals surface area contributed by atoms with Gasteiger partial charge in [-0.3, -0.25) is 4.79 Å². The third kappa shape index (κ3) is 3.69. The third-order valence-electron chi connectivity index (χ3n) is 4.89. The number of anilines is 1. The van der Waals surface area contributed by atoms with Crippen LogP contribution in [0.1, 0.15) is 21.9 Å². The zero-order valence-corrected chi connectivity index (χ0v) is 16.0. The quantitative estimate of drug-likeness (QED) is 0.701. The summed E-state index contributed by atoms with van der Waals surface area (Å²) in [6.45, 7) is 6.28. The van der Waals surface area contributed by atoms with Gasteiger partial charge in [0.05, 0.1) is 17.0 Å². The van der Waals surface area contributed by atoms with Crippen LogP contribution in [0.15, 0.2) is 48.8 Å². The van der Waals surface area contributed by atoms with Crippen LogP contribution in [0.4, 0.5) is 5.95 Å². The minimum atomic E-state index is -0.0175. The molecule has 1 saturated heterocycles. The summed E-state index contributed by atoms with van der Waals surface area (Å²) < 4.78 is 0. The number of aryl methyl sites for hydroxylation is 2. The normalized spacial score (nSPS) is 14.2. The molecule has 0 radical (unpaired) electrons. The Kier molecular flexibility index (Phi) is 4.97. The van der Waals surface area contributed by atoms with E-state index in [0.717, 1.165) is 17.0 Å². The first-order valence-electron chi connectivity index (χ1n) is 9.35. The van der Waals surface area contributed by atoms with E-state index in [2.05, 4.69) is 19.9 Å². The lowest BCUT2D eigenvalue weighted by Crippen LogP contribution is -2.49. The van der Waals surface area contributed by atoms with Gasteiger partial charge in [0.15, 0.2) is 0 Å². The zero-order valence-electron chi connectivity index (χ0n) is 16.0. The van der Waals surface area contributed by atoms with Gasteiger partial charge >= 0.3 is 0 Å². The average molecular weight is 374 g/mol. The van der Waals surface area contributed by atoms with Crippen LogP contribution in [0.3, 0.4) is 0 Å². The summed E-state index contributed by atoms with van der Waals surface area (Å²) >= 11 is 0. The van der Waals surface area contributed by atoms with Gasteiger partial charge in [-0.1, -0.05) is 30.3 Å². The van der Waals surface area contributed by atoms with Crippen LogP contribution in [-0.4, -0.2) is 56.9 Å². The minimum absolute atomic E-state index is 0.0175. The lowest BCUT2D eigenvalue weighted by atomic mass is 10.1. The molecule has 0 unspecified atom stereocenters. The van der Waals surface area contributed by atoms with Gasteiger partial charge in [0.2, 0.25) is 5.95 Å². The molecule has 28 heavy (non-hydrogen) atoms. The highest BCUT2D eigenvalue weighted by atomic mass is 16.2. The Labute approximate surface area is 164 Å². The van der Waals surface area contributed by atoms with Crippen LogP contribution in [-0.2, 0) is 0 Å². The summed E-state index contributed by atoms with van der Waals surface area (Å²) in [7, 11) is 0. The molecule has 3 heterocycles. The summed E-state index contributed by atoms with van der Waals surface area (Å²) in [5.41, 5.74) is 3.26. The van der Waals surface area contributed by atoms with Crippen molar-refractivity contribution in [3.05, 3.63) is 65.9 Å². The van der Waals surface area contributed by atoms with Crippen molar-refractivity contribution in [3.8, 4) is 11.3 Å². The number of amides is 1. The van der Waals surface area contributed by atoms with E-state index in [0.29, 0.717) is 43.5 Å². The fourth-order valence-corrected chi connectivity index (χ4v) is 3.34. The third-order valence-corrected chi connectivity index (χ3v) is 4.89. The fourth-order valence-electron chi connectivity index (χ4n) is 3.34. The van der Waals surface area contributed by atoms with Crippen LogP contribution in [0, 0.1) is 13.8 Å². The van der Waals surface area contributed by atoms with Crippen molar-refractivity contribution >= 4 is 11.9 Å². The van der Waals surface area contributed by atoms with E-state index in [1.165, 1.54) is 0 Å². The topological polar surface area (TPSA) is 75.1 Å². The van der Waals surface area contributed by atoms with Crippen molar-refractivity contribution in [2.24, 2.45) is 0 Å². The van der Waals surface area contributed by atoms with Crippen molar-refractivity contribution in [2.45, 2.75) is 13.8 Å². The Morgan fingerprint density at radius 1 is 0.929 bits per heavy atom. The smallest absolute Gasteiger partial charge is 0.257 e. The Morgan fingerprint density at radius 2 is 1.68 bits per heavy atom. The van der Waals surface area contributed by atoms with Gasteiger partial charge in [-0.25, -0.2) is 19.9 Å². The summed E-state index contributed by atoms with van der Waals surface area (Å²) in [6, 6.07) is 12.0. The summed E-state index contributed by atoms with van der Waals surface area (Å²) in [5.74, 6) is 1.36. The Balaban J connectivity index is 1.45. The van der Waals surface area contributed by atoms with Crippen molar-refractivity contribution in [1.29, 1.82) is 0 Å². The van der Waals surface area contributed by atoms with E-state index in [9.17, 15) is 4.79 Å². The molecule has 4 rings (SSSR count). The van der Waals surface area contributed by atoms with Gasteiger partial charge in [-0.2, -0.15) is 0 Å². The maximum Gasteiger partial charge on any atom is 0.257 e. The number of hydrogen-bond donors (Lipinski definition) is 0. The molecule has 0 aliphatic carbocycles. The lowest BCUT2D eigenvalue weighted by Gasteiger charge is -2.35. The Bertz CT molecular complexity index is 983. The van der Waals surface area contributed by atoms with E-state index in [1.807, 2.05) is 55.1 Å². The second kappa shape index (κ2) is 7.72. The van der Waals surface area contributed by atoms with Crippen LogP contribution in [0.2, 0.25) is 0 Å². The number of rotatable bonds is 3. The van der Waals surface area contributed by atoms with Gasteiger partial charge in [0.25, 0.3) is 5.91 Å². The predicted octanol–water partition coefficient (Wildman–Crippen LogP) is 2.51. The zero-order chi connectivity index (χ0) is 19.5. The first-order valence-corrected chi connectivity index (χ1v) is 9.35.